The van der Waals surface area contributed by atoms with E-state index in [4.69, 9.17) is 4.74 Å². The maximum atomic E-state index is 12.4. The Kier molecular flexibility index (Phi) is 5.15. The highest BCUT2D eigenvalue weighted by Gasteiger charge is 2.15. The second kappa shape index (κ2) is 7.71. The molecule has 1 aliphatic heterocycles. The molecule has 27 heavy (non-hydrogen) atoms. The van der Waals surface area contributed by atoms with Crippen LogP contribution in [0.3, 0.4) is 0 Å². The number of amides is 1. The highest BCUT2D eigenvalue weighted by atomic mass is 32.1. The topological polar surface area (TPSA) is 80.2 Å². The number of aryl methyl sites for hydroxylation is 1. The molecule has 1 aliphatic rings. The van der Waals surface area contributed by atoms with Crippen molar-refractivity contribution in [2.75, 3.05) is 38.2 Å². The summed E-state index contributed by atoms with van der Waals surface area (Å²) in [7, 11) is 1.95. The summed E-state index contributed by atoms with van der Waals surface area (Å²) in [6.45, 7) is 5.21. The first kappa shape index (κ1) is 18.0. The molecule has 1 aromatic carbocycles. The van der Waals surface area contributed by atoms with Crippen LogP contribution < -0.4 is 10.9 Å². The van der Waals surface area contributed by atoms with E-state index in [-0.39, 0.29) is 5.91 Å². The van der Waals surface area contributed by atoms with E-state index >= 15 is 0 Å². The summed E-state index contributed by atoms with van der Waals surface area (Å²) in [5.74, 6) is 0.517. The van der Waals surface area contributed by atoms with Gasteiger partial charge in [-0.1, -0.05) is 23.5 Å². The van der Waals surface area contributed by atoms with Crippen molar-refractivity contribution < 1.29 is 9.53 Å². The third kappa shape index (κ3) is 4.15. The Bertz CT molecular complexity index is 987. The number of nitrogens with zero attached hydrogens (tertiary/aromatic N) is 4. The van der Waals surface area contributed by atoms with E-state index < -0.39 is 0 Å². The van der Waals surface area contributed by atoms with Gasteiger partial charge in [0.1, 0.15) is 15.8 Å². The molecule has 0 radical (unpaired) electrons. The molecule has 4 rings (SSSR count). The highest BCUT2D eigenvalue weighted by Crippen LogP contribution is 2.26. The standard InChI is InChI=1S/C18H20BN5O2S/c1-11-22-23-18(27-11)12-2-3-14-13(8-12)9-15(21-17(14)19)20-16(25)10-24-4-6-26-7-5-24/h2-3,8-9H,4-7,10,19H2,1H3,(H,20,21,25). The van der Waals surface area contributed by atoms with Crippen molar-refractivity contribution in [3.8, 4) is 10.6 Å². The van der Waals surface area contributed by atoms with E-state index in [2.05, 4.69) is 31.5 Å². The number of pyridine rings is 1. The molecular formula is C18H20BN5O2S. The molecule has 0 bridgehead atoms. The van der Waals surface area contributed by atoms with Crippen molar-refractivity contribution in [1.29, 1.82) is 0 Å². The lowest BCUT2D eigenvalue weighted by Gasteiger charge is -2.25. The molecule has 3 heterocycles. The number of benzene rings is 1. The van der Waals surface area contributed by atoms with Crippen molar-refractivity contribution in [3.05, 3.63) is 29.3 Å². The predicted molar refractivity (Wildman–Crippen MR) is 109 cm³/mol. The van der Waals surface area contributed by atoms with Gasteiger partial charge >= 0.3 is 0 Å². The van der Waals surface area contributed by atoms with Crippen LogP contribution in [0.1, 0.15) is 5.01 Å². The summed E-state index contributed by atoms with van der Waals surface area (Å²) in [5.41, 5.74) is 1.90. The summed E-state index contributed by atoms with van der Waals surface area (Å²) in [6, 6.07) is 8.06. The van der Waals surface area contributed by atoms with Crippen LogP contribution in [0.25, 0.3) is 21.3 Å². The van der Waals surface area contributed by atoms with Gasteiger partial charge in [0.15, 0.2) is 7.85 Å². The average molecular weight is 381 g/mol. The quantitative estimate of drug-likeness (QED) is 0.667. The summed E-state index contributed by atoms with van der Waals surface area (Å²) in [5, 5.41) is 15.1. The fourth-order valence-corrected chi connectivity index (χ4v) is 3.88. The van der Waals surface area contributed by atoms with Crippen LogP contribution in [-0.2, 0) is 9.53 Å². The number of hydrogen-bond acceptors (Lipinski definition) is 7. The molecule has 7 nitrogen and oxygen atoms in total. The minimum Gasteiger partial charge on any atom is -0.379 e. The number of carbonyl (C=O) groups is 1. The maximum absolute atomic E-state index is 12.4. The van der Waals surface area contributed by atoms with Gasteiger partial charge in [0.25, 0.3) is 0 Å². The molecule has 0 saturated carbocycles. The Labute approximate surface area is 162 Å². The molecule has 0 spiro atoms. The molecule has 138 valence electrons. The number of morpholine rings is 1. The van der Waals surface area contributed by atoms with Crippen molar-refractivity contribution >= 4 is 47.3 Å². The van der Waals surface area contributed by atoms with Crippen molar-refractivity contribution in [2.45, 2.75) is 6.92 Å². The van der Waals surface area contributed by atoms with E-state index in [0.717, 1.165) is 45.0 Å². The van der Waals surface area contributed by atoms with Crippen molar-refractivity contribution in [3.63, 3.8) is 0 Å². The first-order valence-corrected chi connectivity index (χ1v) is 9.72. The number of ether oxygens (including phenoxy) is 1. The fraction of sp³-hybridized carbons (Fsp3) is 0.333. The zero-order valence-corrected chi connectivity index (χ0v) is 16.2. The van der Waals surface area contributed by atoms with Crippen molar-refractivity contribution in [1.82, 2.24) is 20.1 Å². The molecule has 0 unspecified atom stereocenters. The summed E-state index contributed by atoms with van der Waals surface area (Å²) < 4.78 is 5.32. The number of anilines is 1. The number of rotatable bonds is 4. The van der Waals surface area contributed by atoms with Crippen LogP contribution in [0.2, 0.25) is 0 Å². The molecule has 0 atom stereocenters. The van der Waals surface area contributed by atoms with Gasteiger partial charge in [0.05, 0.1) is 19.8 Å². The highest BCUT2D eigenvalue weighted by molar-refractivity contribution is 7.14. The molecule has 1 N–H and O–H groups in total. The van der Waals surface area contributed by atoms with Gasteiger partial charge in [0.2, 0.25) is 5.91 Å². The summed E-state index contributed by atoms with van der Waals surface area (Å²) in [6.07, 6.45) is 0. The second-order valence-electron chi connectivity index (χ2n) is 6.59. The molecular weight excluding hydrogens is 361 g/mol. The van der Waals surface area contributed by atoms with Crippen LogP contribution in [0.15, 0.2) is 24.3 Å². The van der Waals surface area contributed by atoms with E-state index in [1.54, 1.807) is 11.3 Å². The Morgan fingerprint density at radius 2 is 2.11 bits per heavy atom. The summed E-state index contributed by atoms with van der Waals surface area (Å²) >= 11 is 1.56. The van der Waals surface area contributed by atoms with Crippen LogP contribution in [0.5, 0.6) is 0 Å². The Hall–Kier alpha value is -2.36. The minimum absolute atomic E-state index is 0.0564. The number of aromatic nitrogens is 3. The largest absolute Gasteiger partial charge is 0.379 e. The maximum Gasteiger partial charge on any atom is 0.239 e. The molecule has 1 amide bonds. The zero-order chi connectivity index (χ0) is 18.8. The van der Waals surface area contributed by atoms with Gasteiger partial charge in [0, 0.05) is 24.2 Å². The minimum atomic E-state index is -0.0564. The molecule has 1 fully saturated rings. The first-order valence-electron chi connectivity index (χ1n) is 8.90. The normalized spacial score (nSPS) is 15.1. The number of nitrogens with one attached hydrogen (secondary N) is 1. The van der Waals surface area contributed by atoms with Gasteiger partial charge in [-0.3, -0.25) is 9.69 Å². The fourth-order valence-electron chi connectivity index (χ4n) is 3.19. The molecule has 1 saturated heterocycles. The van der Waals surface area contributed by atoms with Crippen LogP contribution in [0, 0.1) is 6.92 Å². The van der Waals surface area contributed by atoms with Gasteiger partial charge in [-0.2, -0.15) is 0 Å². The SMILES string of the molecule is Bc1nc(NC(=O)CN2CCOCC2)cc2cc(-c3nnc(C)s3)ccc12. The van der Waals surface area contributed by atoms with Gasteiger partial charge in [-0.05, 0) is 29.8 Å². The van der Waals surface area contributed by atoms with Gasteiger partial charge in [-0.15, -0.1) is 10.2 Å². The number of carbonyl (C=O) groups excluding carboxylic acids is 1. The Balaban J connectivity index is 1.56. The van der Waals surface area contributed by atoms with E-state index in [1.165, 1.54) is 0 Å². The average Bonchev–Trinajstić information content (AvgIpc) is 3.08. The van der Waals surface area contributed by atoms with Crippen LogP contribution in [0.4, 0.5) is 5.82 Å². The monoisotopic (exact) mass is 381 g/mol. The lowest BCUT2D eigenvalue weighted by Crippen LogP contribution is -2.41. The van der Waals surface area contributed by atoms with E-state index in [0.29, 0.717) is 25.6 Å². The van der Waals surface area contributed by atoms with E-state index in [1.807, 2.05) is 33.0 Å². The lowest BCUT2D eigenvalue weighted by molar-refractivity contribution is -0.118. The van der Waals surface area contributed by atoms with Gasteiger partial charge in [-0.25, -0.2) is 4.98 Å². The third-order valence-electron chi connectivity index (χ3n) is 4.53. The van der Waals surface area contributed by atoms with Crippen LogP contribution >= 0.6 is 11.3 Å². The van der Waals surface area contributed by atoms with E-state index in [9.17, 15) is 4.79 Å². The van der Waals surface area contributed by atoms with Crippen LogP contribution in [-0.4, -0.2) is 66.7 Å². The van der Waals surface area contributed by atoms with Crippen molar-refractivity contribution in [2.24, 2.45) is 0 Å². The number of hydrogen-bond donors (Lipinski definition) is 1. The zero-order valence-electron chi connectivity index (χ0n) is 15.4. The Morgan fingerprint density at radius 3 is 2.85 bits per heavy atom. The molecule has 3 aromatic rings. The molecule has 2 aromatic heterocycles. The lowest BCUT2D eigenvalue weighted by atomic mass is 9.95. The molecule has 9 heteroatoms. The second-order valence-corrected chi connectivity index (χ2v) is 7.77. The predicted octanol–water partition coefficient (Wildman–Crippen LogP) is 0.591. The third-order valence-corrected chi connectivity index (χ3v) is 5.42. The Morgan fingerprint density at radius 1 is 1.30 bits per heavy atom. The number of fused-ring (bicyclic) bond motifs is 1. The summed E-state index contributed by atoms with van der Waals surface area (Å²) in [4.78, 5) is 19.0. The van der Waals surface area contributed by atoms with Gasteiger partial charge < -0.3 is 10.1 Å². The first-order chi connectivity index (χ1) is 13.1. The smallest absolute Gasteiger partial charge is 0.239 e. The molecule has 0 aliphatic carbocycles.